The molecule has 1 aromatic heterocycles. The summed E-state index contributed by atoms with van der Waals surface area (Å²) in [4.78, 5) is 18.0. The highest BCUT2D eigenvalue weighted by Crippen LogP contribution is 2.52. The number of ether oxygens (including phenoxy) is 2. The number of nitrogens with zero attached hydrogens (tertiary/aromatic N) is 1. The molecule has 1 saturated carbocycles. The molecule has 7 nitrogen and oxygen atoms in total. The highest BCUT2D eigenvalue weighted by molar-refractivity contribution is 7.92. The van der Waals surface area contributed by atoms with Crippen LogP contribution in [-0.4, -0.2) is 31.7 Å². The van der Waals surface area contributed by atoms with E-state index in [1.807, 2.05) is 13.0 Å². The summed E-state index contributed by atoms with van der Waals surface area (Å²) in [7, 11) is -3.38. The van der Waals surface area contributed by atoms with Gasteiger partial charge < -0.3 is 9.47 Å². The number of rotatable bonds is 7. The number of sulfonamides is 1. The second kappa shape index (κ2) is 8.01. The number of anilines is 1. The molecule has 0 amide bonds. The zero-order valence-electron chi connectivity index (χ0n) is 19.0. The lowest BCUT2D eigenvalue weighted by Gasteiger charge is -2.16. The van der Waals surface area contributed by atoms with Crippen molar-refractivity contribution >= 4 is 21.5 Å². The van der Waals surface area contributed by atoms with Gasteiger partial charge in [-0.3, -0.25) is 14.5 Å². The van der Waals surface area contributed by atoms with E-state index in [0.717, 1.165) is 17.4 Å². The van der Waals surface area contributed by atoms with Gasteiger partial charge in [-0.15, -0.1) is 8.78 Å². The first-order valence-corrected chi connectivity index (χ1v) is 12.8. The Morgan fingerprint density at radius 1 is 1.06 bits per heavy atom. The van der Waals surface area contributed by atoms with Gasteiger partial charge in [0, 0.05) is 24.8 Å². The van der Waals surface area contributed by atoms with Crippen molar-refractivity contribution in [3.05, 3.63) is 71.4 Å². The minimum atomic E-state index is -3.71. The molecule has 3 aromatic rings. The molecule has 2 aliphatic rings. The second-order valence-electron chi connectivity index (χ2n) is 8.93. The first-order valence-electron chi connectivity index (χ1n) is 10.9. The largest absolute Gasteiger partial charge is 0.586 e. The molecule has 1 aliphatic carbocycles. The predicted octanol–water partition coefficient (Wildman–Crippen LogP) is 4.84. The van der Waals surface area contributed by atoms with E-state index < -0.39 is 21.7 Å². The molecule has 1 N–H and O–H groups in total. The number of hydrogen-bond acceptors (Lipinski definition) is 6. The molecule has 0 radical (unpaired) electrons. The molecule has 0 unspecified atom stereocenters. The molecular formula is C25H24F2N2O5S. The summed E-state index contributed by atoms with van der Waals surface area (Å²) in [6.45, 7) is 1.90. The quantitative estimate of drug-likeness (QED) is 0.497. The highest BCUT2D eigenvalue weighted by Gasteiger charge is 2.52. The summed E-state index contributed by atoms with van der Waals surface area (Å²) < 4.78 is 61.0. The molecule has 0 spiro atoms. The second-order valence-corrected chi connectivity index (χ2v) is 10.7. The van der Waals surface area contributed by atoms with Gasteiger partial charge in [0.05, 0.1) is 17.4 Å². The summed E-state index contributed by atoms with van der Waals surface area (Å²) in [6.07, 6.45) is -1.29. The van der Waals surface area contributed by atoms with Crippen molar-refractivity contribution in [3.8, 4) is 22.8 Å². The van der Waals surface area contributed by atoms with E-state index in [1.54, 1.807) is 36.4 Å². The number of nitrogens with one attached hydrogen (secondary N) is 1. The van der Waals surface area contributed by atoms with Crippen LogP contribution in [0.25, 0.3) is 11.3 Å². The third-order valence-electron chi connectivity index (χ3n) is 6.20. The molecule has 10 heteroatoms. The van der Waals surface area contributed by atoms with Crippen molar-refractivity contribution in [2.24, 2.45) is 0 Å². The van der Waals surface area contributed by atoms with Gasteiger partial charge in [0.15, 0.2) is 11.5 Å². The van der Waals surface area contributed by atoms with Crippen molar-refractivity contribution in [2.75, 3.05) is 11.0 Å². The molecule has 5 rings (SSSR count). The molecule has 35 heavy (non-hydrogen) atoms. The standard InChI is InChI=1S/C25H22F2N2O5S.H2/c1-15-3-7-19(28-23(15)16-4-8-18(9-5-16)29-35(2,31)32)14-22(30)24(11-12-24)17-6-10-20-21(13-17)34-25(26,27)33-20;/h3-10,13,29H,11-12,14H2,1-2H3;1H. The number of Topliss-reactive ketones (excluding diaryl/α,β-unsaturated/α-hetero) is 1. The van der Waals surface area contributed by atoms with Crippen LogP contribution in [0.3, 0.4) is 0 Å². The third-order valence-corrected chi connectivity index (χ3v) is 6.80. The zero-order valence-corrected chi connectivity index (χ0v) is 19.8. The lowest BCUT2D eigenvalue weighted by atomic mass is 9.88. The number of benzene rings is 2. The first kappa shape index (κ1) is 23.2. The molecule has 2 heterocycles. The molecule has 1 aliphatic heterocycles. The van der Waals surface area contributed by atoms with Crippen LogP contribution < -0.4 is 14.2 Å². The number of carbonyl (C=O) groups is 1. The maximum atomic E-state index is 13.4. The van der Waals surface area contributed by atoms with Crippen molar-refractivity contribution in [3.63, 3.8) is 0 Å². The van der Waals surface area contributed by atoms with Crippen LogP contribution in [0.4, 0.5) is 14.5 Å². The first-order chi connectivity index (χ1) is 16.4. The van der Waals surface area contributed by atoms with Crippen LogP contribution in [0, 0.1) is 6.92 Å². The minimum absolute atomic E-state index is 0. The number of fused-ring (bicyclic) bond motifs is 1. The van der Waals surface area contributed by atoms with E-state index in [0.29, 0.717) is 35.5 Å². The Hall–Kier alpha value is -3.53. The van der Waals surface area contributed by atoms with Gasteiger partial charge in [0.2, 0.25) is 10.0 Å². The lowest BCUT2D eigenvalue weighted by Crippen LogP contribution is -2.26. The zero-order chi connectivity index (χ0) is 25.0. The Labute approximate surface area is 202 Å². The van der Waals surface area contributed by atoms with Crippen LogP contribution in [0.5, 0.6) is 11.5 Å². The van der Waals surface area contributed by atoms with Crippen LogP contribution >= 0.6 is 0 Å². The number of pyridine rings is 1. The normalized spacial score (nSPS) is 17.1. The summed E-state index contributed by atoms with van der Waals surface area (Å²) in [6, 6.07) is 15.0. The smallest absolute Gasteiger partial charge is 0.395 e. The number of hydrogen-bond donors (Lipinski definition) is 1. The van der Waals surface area contributed by atoms with Crippen molar-refractivity contribution < 1.29 is 32.9 Å². The van der Waals surface area contributed by atoms with E-state index >= 15 is 0 Å². The number of alkyl halides is 2. The molecule has 184 valence electrons. The molecule has 0 saturated heterocycles. The Balaban J connectivity index is 0.00000304. The Bertz CT molecular complexity index is 1440. The number of halogens is 2. The summed E-state index contributed by atoms with van der Waals surface area (Å²) in [5, 5.41) is 0. The third kappa shape index (κ3) is 4.70. The van der Waals surface area contributed by atoms with Gasteiger partial charge in [0.1, 0.15) is 5.78 Å². The highest BCUT2D eigenvalue weighted by atomic mass is 32.2. The Morgan fingerprint density at radius 2 is 1.74 bits per heavy atom. The van der Waals surface area contributed by atoms with E-state index in [2.05, 4.69) is 14.2 Å². The Morgan fingerprint density at radius 3 is 2.40 bits per heavy atom. The van der Waals surface area contributed by atoms with E-state index in [4.69, 9.17) is 4.98 Å². The molecule has 2 aromatic carbocycles. The number of aryl methyl sites for hydroxylation is 1. The van der Waals surface area contributed by atoms with E-state index in [9.17, 15) is 22.0 Å². The topological polar surface area (TPSA) is 94.6 Å². The predicted molar refractivity (Wildman–Crippen MR) is 127 cm³/mol. The van der Waals surface area contributed by atoms with Gasteiger partial charge in [0.25, 0.3) is 0 Å². The van der Waals surface area contributed by atoms with Crippen molar-refractivity contribution in [2.45, 2.75) is 37.9 Å². The monoisotopic (exact) mass is 502 g/mol. The van der Waals surface area contributed by atoms with Gasteiger partial charge in [-0.25, -0.2) is 8.42 Å². The fourth-order valence-corrected chi connectivity index (χ4v) is 4.87. The maximum absolute atomic E-state index is 13.4. The van der Waals surface area contributed by atoms with Crippen LogP contribution in [0.2, 0.25) is 0 Å². The average molecular weight is 503 g/mol. The molecule has 0 bridgehead atoms. The summed E-state index contributed by atoms with van der Waals surface area (Å²) in [5.41, 5.74) is 3.30. The number of aromatic nitrogens is 1. The van der Waals surface area contributed by atoms with Gasteiger partial charge >= 0.3 is 6.29 Å². The van der Waals surface area contributed by atoms with Crippen molar-refractivity contribution in [1.82, 2.24) is 4.98 Å². The number of ketones is 1. The molecule has 1 fully saturated rings. The lowest BCUT2D eigenvalue weighted by molar-refractivity contribution is -0.286. The van der Waals surface area contributed by atoms with Crippen molar-refractivity contribution in [1.29, 1.82) is 0 Å². The molecular weight excluding hydrogens is 478 g/mol. The minimum Gasteiger partial charge on any atom is -0.395 e. The SMILES string of the molecule is Cc1ccc(CC(=O)C2(c3ccc4c(c3)OC(F)(F)O4)CC2)nc1-c1ccc(NS(C)(=O)=O)cc1.[HH]. The number of carbonyl (C=O) groups excluding carboxylic acids is 1. The van der Waals surface area contributed by atoms with E-state index in [-0.39, 0.29) is 25.1 Å². The van der Waals surface area contributed by atoms with Crippen LogP contribution in [0.15, 0.2) is 54.6 Å². The van der Waals surface area contributed by atoms with Gasteiger partial charge in [-0.05, 0) is 61.2 Å². The fraction of sp³-hybridized carbons (Fsp3) is 0.280. The summed E-state index contributed by atoms with van der Waals surface area (Å²) in [5.74, 6) is -0.168. The fourth-order valence-electron chi connectivity index (χ4n) is 4.30. The Kier molecular flexibility index (Phi) is 5.32. The summed E-state index contributed by atoms with van der Waals surface area (Å²) >= 11 is 0. The maximum Gasteiger partial charge on any atom is 0.586 e. The van der Waals surface area contributed by atoms with Crippen LogP contribution in [-0.2, 0) is 26.7 Å². The van der Waals surface area contributed by atoms with E-state index in [1.165, 1.54) is 12.1 Å². The van der Waals surface area contributed by atoms with Gasteiger partial charge in [-0.1, -0.05) is 24.3 Å². The molecule has 0 atom stereocenters. The van der Waals surface area contributed by atoms with Crippen LogP contribution in [0.1, 0.15) is 31.1 Å². The average Bonchev–Trinajstić information content (AvgIpc) is 3.52. The van der Waals surface area contributed by atoms with Gasteiger partial charge in [-0.2, -0.15) is 0 Å².